The van der Waals surface area contributed by atoms with Crippen LogP contribution in [0.2, 0.25) is 0 Å². The van der Waals surface area contributed by atoms with Crippen molar-refractivity contribution in [2.75, 3.05) is 0 Å². The predicted octanol–water partition coefficient (Wildman–Crippen LogP) is 7.42. The van der Waals surface area contributed by atoms with Gasteiger partial charge in [0.15, 0.2) is 0 Å². The number of ether oxygens (including phenoxy) is 2. The third kappa shape index (κ3) is 3.59. The van der Waals surface area contributed by atoms with Crippen LogP contribution in [0.4, 0.5) is 0 Å². The molecule has 0 unspecified atom stereocenters. The lowest BCUT2D eigenvalue weighted by Gasteiger charge is -2.34. The molecule has 0 bridgehead atoms. The Labute approximate surface area is 228 Å². The molecule has 2 heterocycles. The van der Waals surface area contributed by atoms with Gasteiger partial charge in [0.1, 0.15) is 23.0 Å². The second kappa shape index (κ2) is 8.78. The van der Waals surface area contributed by atoms with Crippen LogP contribution in [0.25, 0.3) is 33.4 Å². The van der Waals surface area contributed by atoms with Gasteiger partial charge in [-0.1, -0.05) is 115 Å². The summed E-state index contributed by atoms with van der Waals surface area (Å²) in [6.45, 7) is -0.000326. The third-order valence-electron chi connectivity index (χ3n) is 7.82. The van der Waals surface area contributed by atoms with Gasteiger partial charge >= 0.3 is 0 Å². The molecule has 2 nitrogen and oxygen atoms in total. The van der Waals surface area contributed by atoms with Crippen molar-refractivity contribution < 1.29 is 9.47 Å². The fourth-order valence-electron chi connectivity index (χ4n) is 5.95. The highest BCUT2D eigenvalue weighted by Gasteiger charge is 2.41. The number of rotatable bonds is 3. The van der Waals surface area contributed by atoms with E-state index in [-0.39, 0.29) is 6.71 Å². The average Bonchev–Trinajstić information content (AvgIpc) is 3.02. The molecule has 6 aromatic carbocycles. The minimum atomic E-state index is -0.000326. The molecule has 39 heavy (non-hydrogen) atoms. The highest BCUT2D eigenvalue weighted by molar-refractivity contribution is 6.98. The summed E-state index contributed by atoms with van der Waals surface area (Å²) in [5, 5.41) is 0. The van der Waals surface area contributed by atoms with Crippen LogP contribution in [0.5, 0.6) is 23.0 Å². The van der Waals surface area contributed by atoms with E-state index in [1.165, 1.54) is 16.7 Å². The minimum Gasteiger partial charge on any atom is -0.458 e. The van der Waals surface area contributed by atoms with E-state index in [9.17, 15) is 0 Å². The summed E-state index contributed by atoms with van der Waals surface area (Å²) in [5.74, 6) is 3.51. The van der Waals surface area contributed by atoms with E-state index in [1.807, 2.05) is 12.1 Å². The standard InChI is InChI=1S/C36H23BO2/c1-4-10-24(11-5-1)27-17-20-32-31(22-27)37-30-19-16-28(25-12-6-2-7-13-25)23-34(30)39-36-29(26-14-8-3-9-15-26)18-21-33(38-32)35(36)37/h1-23H. The first-order chi connectivity index (χ1) is 19.3. The molecule has 0 aliphatic carbocycles. The average molecular weight is 498 g/mol. The van der Waals surface area contributed by atoms with Crippen molar-refractivity contribution in [2.24, 2.45) is 0 Å². The van der Waals surface area contributed by atoms with Gasteiger partial charge in [-0.3, -0.25) is 0 Å². The molecule has 0 amide bonds. The number of fused-ring (bicyclic) bond motifs is 4. The van der Waals surface area contributed by atoms with Crippen molar-refractivity contribution >= 4 is 23.1 Å². The predicted molar refractivity (Wildman–Crippen MR) is 160 cm³/mol. The Balaban J connectivity index is 1.37. The van der Waals surface area contributed by atoms with E-state index in [4.69, 9.17) is 9.47 Å². The molecule has 0 atom stereocenters. The van der Waals surface area contributed by atoms with Gasteiger partial charge in [0.25, 0.3) is 6.71 Å². The third-order valence-corrected chi connectivity index (χ3v) is 7.82. The molecule has 0 fully saturated rings. The highest BCUT2D eigenvalue weighted by atomic mass is 16.5. The molecule has 6 aromatic rings. The molecule has 0 saturated heterocycles. The molecular formula is C36H23BO2. The maximum absolute atomic E-state index is 6.82. The largest absolute Gasteiger partial charge is 0.458 e. The number of benzene rings is 6. The normalized spacial score (nSPS) is 12.5. The number of hydrogen-bond acceptors (Lipinski definition) is 2. The van der Waals surface area contributed by atoms with Crippen LogP contribution in [-0.4, -0.2) is 6.71 Å². The maximum atomic E-state index is 6.82. The summed E-state index contributed by atoms with van der Waals surface area (Å²) in [7, 11) is 0. The molecule has 0 saturated carbocycles. The Bertz CT molecular complexity index is 1850. The second-order valence-corrected chi connectivity index (χ2v) is 10.1. The van der Waals surface area contributed by atoms with Gasteiger partial charge in [0.05, 0.1) is 0 Å². The molecular weight excluding hydrogens is 475 g/mol. The van der Waals surface area contributed by atoms with Crippen molar-refractivity contribution in [3.8, 4) is 56.4 Å². The van der Waals surface area contributed by atoms with Crippen molar-refractivity contribution in [1.29, 1.82) is 0 Å². The maximum Gasteiger partial charge on any atom is 0.260 e. The zero-order valence-corrected chi connectivity index (χ0v) is 21.2. The van der Waals surface area contributed by atoms with E-state index in [1.54, 1.807) is 0 Å². The van der Waals surface area contributed by atoms with E-state index < -0.39 is 0 Å². The van der Waals surface area contributed by atoms with E-state index in [0.717, 1.165) is 56.1 Å². The van der Waals surface area contributed by atoms with Gasteiger partial charge < -0.3 is 9.47 Å². The van der Waals surface area contributed by atoms with E-state index in [2.05, 4.69) is 127 Å². The molecule has 0 radical (unpaired) electrons. The van der Waals surface area contributed by atoms with E-state index >= 15 is 0 Å². The van der Waals surface area contributed by atoms with Crippen molar-refractivity contribution in [2.45, 2.75) is 0 Å². The van der Waals surface area contributed by atoms with E-state index in [0.29, 0.717) is 0 Å². The highest BCUT2D eigenvalue weighted by Crippen LogP contribution is 2.41. The summed E-state index contributed by atoms with van der Waals surface area (Å²) in [6.07, 6.45) is 0. The lowest BCUT2D eigenvalue weighted by molar-refractivity contribution is 0.466. The topological polar surface area (TPSA) is 18.5 Å². The fraction of sp³-hybridized carbons (Fsp3) is 0. The summed E-state index contributed by atoms with van der Waals surface area (Å²) >= 11 is 0. The van der Waals surface area contributed by atoms with Crippen LogP contribution in [-0.2, 0) is 0 Å². The monoisotopic (exact) mass is 498 g/mol. The summed E-state index contributed by atoms with van der Waals surface area (Å²) in [4.78, 5) is 0. The van der Waals surface area contributed by atoms with Gasteiger partial charge in [-0.05, 0) is 63.0 Å². The molecule has 0 aromatic heterocycles. The molecule has 182 valence electrons. The van der Waals surface area contributed by atoms with Gasteiger partial charge in [-0.25, -0.2) is 0 Å². The summed E-state index contributed by atoms with van der Waals surface area (Å²) < 4.78 is 13.4. The van der Waals surface area contributed by atoms with Crippen molar-refractivity contribution in [3.63, 3.8) is 0 Å². The fourth-order valence-corrected chi connectivity index (χ4v) is 5.95. The van der Waals surface area contributed by atoms with Crippen LogP contribution in [0, 0.1) is 0 Å². The Morgan fingerprint density at radius 1 is 0.385 bits per heavy atom. The quantitative estimate of drug-likeness (QED) is 0.236. The van der Waals surface area contributed by atoms with Gasteiger partial charge in [-0.2, -0.15) is 0 Å². The lowest BCUT2D eigenvalue weighted by atomic mass is 9.34. The Morgan fingerprint density at radius 3 is 1.67 bits per heavy atom. The first-order valence-corrected chi connectivity index (χ1v) is 13.3. The molecule has 0 spiro atoms. The first-order valence-electron chi connectivity index (χ1n) is 13.3. The van der Waals surface area contributed by atoms with Gasteiger partial charge in [-0.15, -0.1) is 0 Å². The zero-order chi connectivity index (χ0) is 25.8. The number of hydrogen-bond donors (Lipinski definition) is 0. The second-order valence-electron chi connectivity index (χ2n) is 10.1. The van der Waals surface area contributed by atoms with Gasteiger partial charge in [0, 0.05) is 11.0 Å². The molecule has 8 rings (SSSR count). The van der Waals surface area contributed by atoms with Crippen molar-refractivity contribution in [3.05, 3.63) is 140 Å². The molecule has 0 N–H and O–H groups in total. The minimum absolute atomic E-state index is 0.000326. The Kier molecular flexibility index (Phi) is 4.96. The van der Waals surface area contributed by atoms with Crippen LogP contribution in [0.1, 0.15) is 0 Å². The lowest BCUT2D eigenvalue weighted by Crippen LogP contribution is -2.57. The summed E-state index contributed by atoms with van der Waals surface area (Å²) in [6, 6.07) is 48.9. The Hall–Kier alpha value is -5.02. The van der Waals surface area contributed by atoms with Crippen LogP contribution in [0.15, 0.2) is 140 Å². The van der Waals surface area contributed by atoms with Crippen molar-refractivity contribution in [1.82, 2.24) is 0 Å². The van der Waals surface area contributed by atoms with Crippen LogP contribution >= 0.6 is 0 Å². The molecule has 2 aliphatic rings. The van der Waals surface area contributed by atoms with Crippen LogP contribution < -0.4 is 25.9 Å². The molecule has 2 aliphatic heterocycles. The van der Waals surface area contributed by atoms with Crippen LogP contribution in [0.3, 0.4) is 0 Å². The van der Waals surface area contributed by atoms with Gasteiger partial charge in [0.2, 0.25) is 0 Å². The summed E-state index contributed by atoms with van der Waals surface area (Å²) in [5.41, 5.74) is 10.3. The Morgan fingerprint density at radius 2 is 0.974 bits per heavy atom. The molecule has 3 heteroatoms. The zero-order valence-electron chi connectivity index (χ0n) is 21.2. The smallest absolute Gasteiger partial charge is 0.260 e. The first kappa shape index (κ1) is 22.0. The SMILES string of the molecule is c1ccc(-c2ccc3c(c2)Oc2c(-c4ccccc4)ccc4c2B3c2cc(-c3ccccc3)ccc2O4)cc1.